The van der Waals surface area contributed by atoms with Crippen molar-refractivity contribution in [2.45, 2.75) is 56.9 Å². The number of amides is 1. The fraction of sp³-hybridized carbons (Fsp3) is 0.400. The third-order valence-corrected chi connectivity index (χ3v) is 15.1. The Morgan fingerprint density at radius 3 is 2.23 bits per heavy atom. The highest BCUT2D eigenvalue weighted by atomic mass is 79.9. The third kappa shape index (κ3) is 14.2. The molecule has 2 N–H and O–H groups in total. The van der Waals surface area contributed by atoms with Crippen LogP contribution in [0.15, 0.2) is 90.1 Å². The van der Waals surface area contributed by atoms with Crippen molar-refractivity contribution in [2.75, 3.05) is 82.6 Å². The summed E-state index contributed by atoms with van der Waals surface area (Å²) in [6.45, 7) is 6.97. The van der Waals surface area contributed by atoms with Crippen LogP contribution in [0, 0.1) is 0 Å². The lowest BCUT2D eigenvalue weighted by atomic mass is 9.81. The number of rotatable bonds is 26. The predicted molar refractivity (Wildman–Crippen MR) is 269 cm³/mol. The van der Waals surface area contributed by atoms with E-state index in [4.69, 9.17) is 18.6 Å². The number of ether oxygens (including phenoxy) is 3. The zero-order valence-corrected chi connectivity index (χ0v) is 44.1. The third-order valence-electron chi connectivity index (χ3n) is 11.3. The van der Waals surface area contributed by atoms with Gasteiger partial charge in [0.1, 0.15) is 40.4 Å². The number of fused-ring (bicyclic) bond motifs is 2. The van der Waals surface area contributed by atoms with Crippen molar-refractivity contribution in [1.82, 2.24) is 29.3 Å². The van der Waals surface area contributed by atoms with Gasteiger partial charge in [-0.25, -0.2) is 35.8 Å². The van der Waals surface area contributed by atoms with Gasteiger partial charge in [-0.1, -0.05) is 32.7 Å². The van der Waals surface area contributed by atoms with Crippen molar-refractivity contribution in [2.24, 2.45) is 0 Å². The Labute approximate surface area is 426 Å². The smallest absolute Gasteiger partial charge is 0.512 e. The number of carbonyl (C=O) groups is 1. The normalized spacial score (nSPS) is 12.3. The highest BCUT2D eigenvalue weighted by Gasteiger charge is 2.32. The van der Waals surface area contributed by atoms with Crippen molar-refractivity contribution >= 4 is 92.8 Å². The summed E-state index contributed by atoms with van der Waals surface area (Å²) in [6, 6.07) is 14.7. The summed E-state index contributed by atoms with van der Waals surface area (Å²) in [7, 11) is -9.51. The van der Waals surface area contributed by atoms with E-state index in [0.29, 0.717) is 40.1 Å². The molecule has 6 rings (SSSR count). The Morgan fingerprint density at radius 2 is 1.56 bits per heavy atom. The molecule has 384 valence electrons. The Hall–Kier alpha value is -4.80. The van der Waals surface area contributed by atoms with Crippen LogP contribution < -0.4 is 30.3 Å². The molecule has 1 amide bonds. The number of benzene rings is 3. The number of nitrogens with one attached hydrogen (secondary N) is 2. The molecule has 71 heavy (non-hydrogen) atoms. The number of anilines is 2. The van der Waals surface area contributed by atoms with Gasteiger partial charge in [-0.15, -0.1) is 5.10 Å². The standard InChI is InChI=1S/C45H54BBr2F3N8O10S2/c1-5-57(6-2)31-10-13-34-38(25-31)69-39-26-32(58(7-3)8-4)11-14-35(39)42(34)36-15-12-33(27-40(36)71(63,64)65)70(61,62)53-17-19-66-21-23-68-24-22-67-20-18-59-29-30(55-56-59)9-16-41(60)54-45-44(48)43(46(49,50)51)37(47)28-52-45/h10-15,25-29,53H,5-9,16-24H2,1-4H3,(H,52,54,60)(H,63,64,65)/p-1. The van der Waals surface area contributed by atoms with E-state index in [9.17, 15) is 39.1 Å². The second kappa shape index (κ2) is 24.8. The number of halogens is 5. The van der Waals surface area contributed by atoms with Crippen LogP contribution in [-0.2, 0) is 52.1 Å². The first-order chi connectivity index (χ1) is 33.8. The lowest BCUT2D eigenvalue weighted by Gasteiger charge is -2.23. The number of aryl methyl sites for hydroxylation is 1. The molecule has 2 aromatic heterocycles. The van der Waals surface area contributed by atoms with Crippen LogP contribution in [0.1, 0.15) is 39.8 Å². The van der Waals surface area contributed by atoms with E-state index in [-0.39, 0.29) is 79.4 Å². The van der Waals surface area contributed by atoms with Crippen molar-refractivity contribution in [3.63, 3.8) is 0 Å². The van der Waals surface area contributed by atoms with Crippen LogP contribution in [0.2, 0.25) is 0 Å². The van der Waals surface area contributed by atoms with Gasteiger partial charge in [0.05, 0.1) is 67.7 Å². The van der Waals surface area contributed by atoms with Crippen molar-refractivity contribution in [3.8, 4) is 22.5 Å². The molecule has 1 aliphatic heterocycles. The summed E-state index contributed by atoms with van der Waals surface area (Å²) in [4.78, 5) is 17.3. The molecular weight excluding hydrogens is 1100 g/mol. The van der Waals surface area contributed by atoms with Gasteiger partial charge in [0, 0.05) is 93.7 Å². The number of pyridine rings is 1. The van der Waals surface area contributed by atoms with Gasteiger partial charge < -0.3 is 46.3 Å². The van der Waals surface area contributed by atoms with Gasteiger partial charge in [-0.3, -0.25) is 4.79 Å². The van der Waals surface area contributed by atoms with E-state index in [1.165, 1.54) is 16.8 Å². The first-order valence-electron chi connectivity index (χ1n) is 22.7. The molecular formula is C45H53BBr2F3N8O10S2-. The van der Waals surface area contributed by atoms with E-state index in [1.807, 2.05) is 64.1 Å². The van der Waals surface area contributed by atoms with Crippen LogP contribution in [0.5, 0.6) is 0 Å². The molecule has 2 aromatic carbocycles. The fourth-order valence-corrected chi connectivity index (χ4v) is 11.0. The predicted octanol–water partition coefficient (Wildman–Crippen LogP) is 5.93. The van der Waals surface area contributed by atoms with Gasteiger partial charge in [0.15, 0.2) is 0 Å². The highest BCUT2D eigenvalue weighted by Crippen LogP contribution is 2.43. The largest absolute Gasteiger partial charge is 0.744 e. The molecule has 26 heteroatoms. The van der Waals surface area contributed by atoms with E-state index < -0.39 is 48.3 Å². The maximum Gasteiger partial charge on any atom is 0.512 e. The van der Waals surface area contributed by atoms with Crippen molar-refractivity contribution < 1.29 is 57.8 Å². The monoisotopic (exact) mass is 1160 g/mol. The van der Waals surface area contributed by atoms with Crippen molar-refractivity contribution in [1.29, 1.82) is 0 Å². The Morgan fingerprint density at radius 1 is 0.887 bits per heavy atom. The second-order valence-corrected chi connectivity index (χ2v) is 20.6. The summed E-state index contributed by atoms with van der Waals surface area (Å²) < 4.78 is 135. The minimum absolute atomic E-state index is 0.0333. The van der Waals surface area contributed by atoms with E-state index in [1.54, 1.807) is 6.20 Å². The first kappa shape index (κ1) is 55.5. The quantitative estimate of drug-likeness (QED) is 0.0211. The lowest BCUT2D eigenvalue weighted by Crippen LogP contribution is -2.37. The average Bonchev–Trinajstić information content (AvgIpc) is 3.78. The molecule has 0 fully saturated rings. The summed E-state index contributed by atoms with van der Waals surface area (Å²) >= 11 is 5.74. The number of hydrogen-bond acceptors (Lipinski definition) is 14. The van der Waals surface area contributed by atoms with Gasteiger partial charge >= 0.3 is 6.98 Å². The number of sulfonamides is 1. The lowest BCUT2D eigenvalue weighted by molar-refractivity contribution is -0.116. The van der Waals surface area contributed by atoms with E-state index >= 15 is 0 Å². The molecule has 4 aromatic rings. The molecule has 0 atom stereocenters. The molecule has 0 unspecified atom stereocenters. The number of hydrogen-bond donors (Lipinski definition) is 2. The SMILES string of the molecule is CCN(CC)c1ccc2c(-c3ccc(S(=O)(=O)NCCOCCOCCOCCn4cc(CCC(=O)Nc5ncc(Br)c([B-](F)(F)F)c5Br)nn4)cc3S(=O)(=O)[O-])c3ccc(=[N+](CC)CC)cc-3oc2c1. The maximum absolute atomic E-state index is 13.4. The summed E-state index contributed by atoms with van der Waals surface area (Å²) in [5, 5.41) is 11.8. The molecule has 18 nitrogen and oxygen atoms in total. The first-order valence-corrected chi connectivity index (χ1v) is 27.2. The van der Waals surface area contributed by atoms with Gasteiger partial charge in [-0.2, -0.15) is 0 Å². The van der Waals surface area contributed by atoms with Gasteiger partial charge in [-0.05, 0) is 74.0 Å². The molecule has 3 heterocycles. The average molecular weight is 1160 g/mol. The minimum atomic E-state index is -5.36. The second-order valence-electron chi connectivity index (χ2n) is 15.8. The Bertz CT molecular complexity index is 3100. The summed E-state index contributed by atoms with van der Waals surface area (Å²) in [5.74, 6) is -0.338. The zero-order chi connectivity index (χ0) is 51.5. The number of carbonyl (C=O) groups excluding carboxylic acids is 1. The fourth-order valence-electron chi connectivity index (χ4n) is 7.71. The Kier molecular flexibility index (Phi) is 19.4. The highest BCUT2D eigenvalue weighted by molar-refractivity contribution is 9.11. The topological polar surface area (TPSA) is 223 Å². The molecule has 2 aliphatic rings. The van der Waals surface area contributed by atoms with Crippen LogP contribution in [-0.4, -0.2) is 127 Å². The van der Waals surface area contributed by atoms with Crippen LogP contribution >= 0.6 is 31.9 Å². The molecule has 0 radical (unpaired) electrons. The van der Waals surface area contributed by atoms with Crippen LogP contribution in [0.25, 0.3) is 33.4 Å². The van der Waals surface area contributed by atoms with Crippen molar-refractivity contribution in [3.05, 3.63) is 87.0 Å². The Balaban J connectivity index is 0.963. The molecule has 1 aliphatic carbocycles. The number of nitrogens with zero attached hydrogens (tertiary/aromatic N) is 6. The van der Waals surface area contributed by atoms with E-state index in [0.717, 1.165) is 49.5 Å². The molecule has 0 saturated heterocycles. The van der Waals surface area contributed by atoms with Crippen LogP contribution in [0.3, 0.4) is 0 Å². The number of aromatic nitrogens is 4. The molecule has 0 saturated carbocycles. The molecule has 0 bridgehead atoms. The zero-order valence-electron chi connectivity index (χ0n) is 39.3. The summed E-state index contributed by atoms with van der Waals surface area (Å²) in [6.07, 6.45) is 2.71. The molecule has 0 spiro atoms. The van der Waals surface area contributed by atoms with Gasteiger partial charge in [0.2, 0.25) is 21.3 Å². The van der Waals surface area contributed by atoms with E-state index in [2.05, 4.69) is 66.7 Å². The summed E-state index contributed by atoms with van der Waals surface area (Å²) in [5.41, 5.74) is 1.91. The maximum atomic E-state index is 13.4. The van der Waals surface area contributed by atoms with Gasteiger partial charge in [0.25, 0.3) is 0 Å². The van der Waals surface area contributed by atoms with Crippen LogP contribution in [0.4, 0.5) is 24.5 Å². The minimum Gasteiger partial charge on any atom is -0.744 e.